The number of nitro benzene ring substituents is 1. The Bertz CT molecular complexity index is 567. The number of nitro groups is 1. The van der Waals surface area contributed by atoms with Crippen molar-refractivity contribution in [2.45, 2.75) is 39.0 Å². The molecule has 0 bridgehead atoms. The molecule has 0 spiro atoms. The fourth-order valence-corrected chi connectivity index (χ4v) is 3.12. The van der Waals surface area contributed by atoms with Crippen molar-refractivity contribution in [3.8, 4) is 6.07 Å². The summed E-state index contributed by atoms with van der Waals surface area (Å²) < 4.78 is 13.4. The number of nitrogens with zero attached hydrogens (tertiary/aromatic N) is 2. The van der Waals surface area contributed by atoms with E-state index in [0.29, 0.717) is 17.9 Å². The van der Waals surface area contributed by atoms with Crippen LogP contribution in [0.15, 0.2) is 18.2 Å². The molecule has 0 radical (unpaired) electrons. The van der Waals surface area contributed by atoms with Gasteiger partial charge in [-0.1, -0.05) is 13.3 Å². The van der Waals surface area contributed by atoms with Crippen LogP contribution in [0.5, 0.6) is 0 Å². The average Bonchev–Trinajstić information content (AvgIpc) is 2.82. The topological polar surface area (TPSA) is 66.9 Å². The summed E-state index contributed by atoms with van der Waals surface area (Å²) in [6.45, 7) is 2.10. The van der Waals surface area contributed by atoms with Gasteiger partial charge in [0.05, 0.1) is 22.5 Å². The van der Waals surface area contributed by atoms with Gasteiger partial charge in [0.2, 0.25) is 0 Å². The molecule has 1 aliphatic rings. The number of benzene rings is 1. The first-order chi connectivity index (χ1) is 9.48. The zero-order valence-corrected chi connectivity index (χ0v) is 11.4. The SMILES string of the molecule is CCC1CCC(C#N)(Cc2cc(F)cc([N+](=O)[O-])c2)C1. The van der Waals surface area contributed by atoms with E-state index in [-0.39, 0.29) is 5.69 Å². The van der Waals surface area contributed by atoms with Crippen molar-refractivity contribution in [3.63, 3.8) is 0 Å². The highest BCUT2D eigenvalue weighted by molar-refractivity contribution is 5.36. The van der Waals surface area contributed by atoms with Crippen LogP contribution in [-0.4, -0.2) is 4.92 Å². The molecule has 1 fully saturated rings. The van der Waals surface area contributed by atoms with Crippen LogP contribution < -0.4 is 0 Å². The summed E-state index contributed by atoms with van der Waals surface area (Å²) in [5, 5.41) is 20.2. The van der Waals surface area contributed by atoms with Crippen molar-refractivity contribution in [1.29, 1.82) is 5.26 Å². The van der Waals surface area contributed by atoms with Gasteiger partial charge in [-0.3, -0.25) is 10.1 Å². The van der Waals surface area contributed by atoms with Crippen LogP contribution in [0.2, 0.25) is 0 Å². The summed E-state index contributed by atoms with van der Waals surface area (Å²) >= 11 is 0. The smallest absolute Gasteiger partial charge is 0.258 e. The molecule has 4 nitrogen and oxygen atoms in total. The van der Waals surface area contributed by atoms with Gasteiger partial charge in [-0.15, -0.1) is 0 Å². The van der Waals surface area contributed by atoms with E-state index in [1.165, 1.54) is 12.1 Å². The molecule has 5 heteroatoms. The summed E-state index contributed by atoms with van der Waals surface area (Å²) in [6.07, 6.45) is 4.00. The summed E-state index contributed by atoms with van der Waals surface area (Å²) in [5.41, 5.74) is -0.212. The molecular formula is C15H17FN2O2. The van der Waals surface area contributed by atoms with Crippen molar-refractivity contribution in [2.24, 2.45) is 11.3 Å². The fraction of sp³-hybridized carbons (Fsp3) is 0.533. The number of rotatable bonds is 4. The number of halogens is 1. The molecule has 2 unspecified atom stereocenters. The standard InChI is InChI=1S/C15H17FN2O2/c1-2-11-3-4-15(8-11,10-17)9-12-5-13(16)7-14(6-12)18(19)20/h5-7,11H,2-4,8-9H2,1H3. The van der Waals surface area contributed by atoms with Gasteiger partial charge in [-0.2, -0.15) is 5.26 Å². The maximum atomic E-state index is 13.4. The second-order valence-corrected chi connectivity index (χ2v) is 5.66. The summed E-state index contributed by atoms with van der Waals surface area (Å²) in [4.78, 5) is 10.2. The molecule has 20 heavy (non-hydrogen) atoms. The number of non-ortho nitro benzene ring substituents is 1. The Morgan fingerprint density at radius 1 is 1.55 bits per heavy atom. The van der Waals surface area contributed by atoms with Gasteiger partial charge in [-0.05, 0) is 43.2 Å². The largest absolute Gasteiger partial charge is 0.272 e. The highest BCUT2D eigenvalue weighted by atomic mass is 19.1. The van der Waals surface area contributed by atoms with Crippen LogP contribution in [0, 0.1) is 38.6 Å². The van der Waals surface area contributed by atoms with Crippen molar-refractivity contribution >= 4 is 5.69 Å². The number of hydrogen-bond acceptors (Lipinski definition) is 3. The lowest BCUT2D eigenvalue weighted by Gasteiger charge is -2.21. The normalized spacial score (nSPS) is 25.4. The maximum Gasteiger partial charge on any atom is 0.272 e. The number of hydrogen-bond donors (Lipinski definition) is 0. The van der Waals surface area contributed by atoms with E-state index >= 15 is 0 Å². The molecule has 1 aromatic rings. The predicted octanol–water partition coefficient (Wildman–Crippen LogP) is 4.00. The Morgan fingerprint density at radius 2 is 2.30 bits per heavy atom. The van der Waals surface area contributed by atoms with Gasteiger partial charge in [0.25, 0.3) is 5.69 Å². The zero-order chi connectivity index (χ0) is 14.8. The molecular weight excluding hydrogens is 259 g/mol. The molecule has 106 valence electrons. The maximum absolute atomic E-state index is 13.4. The van der Waals surface area contributed by atoms with Crippen LogP contribution in [0.25, 0.3) is 0 Å². The first-order valence-electron chi connectivity index (χ1n) is 6.83. The van der Waals surface area contributed by atoms with E-state index in [9.17, 15) is 19.8 Å². The molecule has 0 N–H and O–H groups in total. The molecule has 1 aliphatic carbocycles. The quantitative estimate of drug-likeness (QED) is 0.616. The lowest BCUT2D eigenvalue weighted by Crippen LogP contribution is -2.18. The second kappa shape index (κ2) is 5.58. The molecule has 1 saturated carbocycles. The molecule has 1 aromatic carbocycles. The Balaban J connectivity index is 2.25. The highest BCUT2D eigenvalue weighted by Crippen LogP contribution is 2.45. The number of nitriles is 1. The van der Waals surface area contributed by atoms with E-state index in [2.05, 4.69) is 13.0 Å². The molecule has 0 heterocycles. The molecule has 2 rings (SSSR count). The minimum atomic E-state index is -0.618. The molecule has 2 atom stereocenters. The molecule has 0 aromatic heterocycles. The Labute approximate surface area is 117 Å². The predicted molar refractivity (Wildman–Crippen MR) is 72.4 cm³/mol. The zero-order valence-electron chi connectivity index (χ0n) is 11.4. The van der Waals surface area contributed by atoms with Crippen LogP contribution in [0.1, 0.15) is 38.2 Å². The van der Waals surface area contributed by atoms with Gasteiger partial charge in [0.1, 0.15) is 5.82 Å². The molecule has 0 amide bonds. The summed E-state index contributed by atoms with van der Waals surface area (Å²) in [7, 11) is 0. The van der Waals surface area contributed by atoms with Crippen LogP contribution in [-0.2, 0) is 6.42 Å². The lowest BCUT2D eigenvalue weighted by molar-refractivity contribution is -0.385. The third-order valence-electron chi connectivity index (χ3n) is 4.22. The Morgan fingerprint density at radius 3 is 2.85 bits per heavy atom. The van der Waals surface area contributed by atoms with Crippen molar-refractivity contribution in [2.75, 3.05) is 0 Å². The van der Waals surface area contributed by atoms with Gasteiger partial charge in [0, 0.05) is 6.07 Å². The minimum Gasteiger partial charge on any atom is -0.258 e. The van der Waals surface area contributed by atoms with E-state index in [4.69, 9.17) is 0 Å². The Hall–Kier alpha value is -1.96. The third kappa shape index (κ3) is 2.96. The second-order valence-electron chi connectivity index (χ2n) is 5.66. The van der Waals surface area contributed by atoms with Gasteiger partial charge in [-0.25, -0.2) is 4.39 Å². The summed E-state index contributed by atoms with van der Waals surface area (Å²) in [5.74, 6) is -0.0921. The Kier molecular flexibility index (Phi) is 4.03. The van der Waals surface area contributed by atoms with Gasteiger partial charge >= 0.3 is 0 Å². The monoisotopic (exact) mass is 276 g/mol. The fourth-order valence-electron chi connectivity index (χ4n) is 3.12. The van der Waals surface area contributed by atoms with E-state index in [1.807, 2.05) is 0 Å². The first kappa shape index (κ1) is 14.4. The summed E-state index contributed by atoms with van der Waals surface area (Å²) in [6, 6.07) is 5.95. The average molecular weight is 276 g/mol. The van der Waals surface area contributed by atoms with Crippen molar-refractivity contribution in [1.82, 2.24) is 0 Å². The van der Waals surface area contributed by atoms with E-state index in [1.54, 1.807) is 0 Å². The molecule has 0 saturated heterocycles. The molecule has 0 aliphatic heterocycles. The highest BCUT2D eigenvalue weighted by Gasteiger charge is 2.39. The van der Waals surface area contributed by atoms with E-state index in [0.717, 1.165) is 31.7 Å². The van der Waals surface area contributed by atoms with Crippen molar-refractivity contribution < 1.29 is 9.31 Å². The van der Waals surface area contributed by atoms with Crippen LogP contribution >= 0.6 is 0 Å². The van der Waals surface area contributed by atoms with Gasteiger partial charge < -0.3 is 0 Å². The van der Waals surface area contributed by atoms with Gasteiger partial charge in [0.15, 0.2) is 0 Å². The lowest BCUT2D eigenvalue weighted by atomic mass is 9.80. The van der Waals surface area contributed by atoms with E-state index < -0.39 is 16.2 Å². The minimum absolute atomic E-state index is 0.252. The van der Waals surface area contributed by atoms with Crippen LogP contribution in [0.4, 0.5) is 10.1 Å². The van der Waals surface area contributed by atoms with Crippen molar-refractivity contribution in [3.05, 3.63) is 39.7 Å². The third-order valence-corrected chi connectivity index (χ3v) is 4.22. The van der Waals surface area contributed by atoms with Crippen LogP contribution in [0.3, 0.4) is 0 Å². The first-order valence-corrected chi connectivity index (χ1v) is 6.83.